The third kappa shape index (κ3) is 3.08. The van der Waals surface area contributed by atoms with Gasteiger partial charge in [-0.3, -0.25) is 0 Å². The average molecular weight is 291 g/mol. The molecule has 0 bridgehead atoms. The Hall–Kier alpha value is -1.97. The second-order valence-electron chi connectivity index (χ2n) is 3.39. The maximum absolute atomic E-state index is 13.4. The van der Waals surface area contributed by atoms with Gasteiger partial charge in [0.2, 0.25) is 5.16 Å². The Morgan fingerprint density at radius 2 is 2.16 bits per heavy atom. The predicted molar refractivity (Wildman–Crippen MR) is 60.4 cm³/mol. The van der Waals surface area contributed by atoms with Crippen molar-refractivity contribution in [2.24, 2.45) is 7.05 Å². The van der Waals surface area contributed by atoms with Gasteiger partial charge in [0.05, 0.1) is 0 Å². The van der Waals surface area contributed by atoms with Gasteiger partial charge in [-0.15, -0.1) is 5.10 Å². The van der Waals surface area contributed by atoms with E-state index in [4.69, 9.17) is 5.73 Å². The van der Waals surface area contributed by atoms with E-state index in [0.29, 0.717) is 10.1 Å². The molecule has 0 saturated carbocycles. The van der Waals surface area contributed by atoms with Gasteiger partial charge in [-0.25, -0.2) is 9.07 Å². The first-order chi connectivity index (χ1) is 8.97. The molecule has 1 heterocycles. The number of nitrogens with zero attached hydrogens (tertiary/aromatic N) is 4. The van der Waals surface area contributed by atoms with Gasteiger partial charge >= 0.3 is 6.61 Å². The zero-order valence-electron chi connectivity index (χ0n) is 9.55. The van der Waals surface area contributed by atoms with Crippen molar-refractivity contribution in [2.45, 2.75) is 16.7 Å². The van der Waals surface area contributed by atoms with Crippen LogP contribution in [0, 0.1) is 5.82 Å². The lowest BCUT2D eigenvalue weighted by molar-refractivity contribution is -0.0523. The highest BCUT2D eigenvalue weighted by Crippen LogP contribution is 2.35. The van der Waals surface area contributed by atoms with E-state index in [1.54, 1.807) is 7.05 Å². The van der Waals surface area contributed by atoms with Crippen LogP contribution in [0.2, 0.25) is 0 Å². The summed E-state index contributed by atoms with van der Waals surface area (Å²) in [4.78, 5) is 0.315. The van der Waals surface area contributed by atoms with Crippen molar-refractivity contribution in [1.82, 2.24) is 20.2 Å². The summed E-state index contributed by atoms with van der Waals surface area (Å²) < 4.78 is 43.0. The van der Waals surface area contributed by atoms with E-state index in [1.807, 2.05) is 0 Å². The summed E-state index contributed by atoms with van der Waals surface area (Å²) >= 11 is 1.01. The first kappa shape index (κ1) is 13.5. The van der Waals surface area contributed by atoms with Crippen LogP contribution in [0.3, 0.4) is 0 Å². The van der Waals surface area contributed by atoms with E-state index >= 15 is 0 Å². The Balaban J connectivity index is 2.32. The van der Waals surface area contributed by atoms with E-state index in [1.165, 1.54) is 4.68 Å². The minimum Gasteiger partial charge on any atom is -0.432 e. The molecule has 2 N–H and O–H groups in total. The second kappa shape index (κ2) is 5.34. The highest BCUT2D eigenvalue weighted by Gasteiger charge is 2.15. The van der Waals surface area contributed by atoms with E-state index in [2.05, 4.69) is 20.3 Å². The smallest absolute Gasteiger partial charge is 0.387 e. The number of alkyl halides is 2. The number of benzene rings is 1. The molecule has 0 aliphatic carbocycles. The van der Waals surface area contributed by atoms with Gasteiger partial charge in [0.15, 0.2) is 11.6 Å². The molecule has 0 spiro atoms. The fraction of sp³-hybridized carbons (Fsp3) is 0.222. The summed E-state index contributed by atoms with van der Waals surface area (Å²) in [7, 11) is 1.60. The van der Waals surface area contributed by atoms with Gasteiger partial charge in [0.25, 0.3) is 0 Å². The fourth-order valence-electron chi connectivity index (χ4n) is 1.23. The average Bonchev–Trinajstić information content (AvgIpc) is 2.70. The Kier molecular flexibility index (Phi) is 3.79. The molecule has 6 nitrogen and oxygen atoms in total. The molecule has 0 aliphatic heterocycles. The number of hydrogen-bond acceptors (Lipinski definition) is 6. The van der Waals surface area contributed by atoms with Gasteiger partial charge in [0, 0.05) is 23.7 Å². The number of aromatic nitrogens is 4. The molecule has 2 rings (SSSR count). The van der Waals surface area contributed by atoms with Crippen LogP contribution in [0.1, 0.15) is 0 Å². The lowest BCUT2D eigenvalue weighted by Crippen LogP contribution is -2.05. The molecule has 10 heteroatoms. The highest BCUT2D eigenvalue weighted by molar-refractivity contribution is 7.99. The molecule has 0 aliphatic rings. The van der Waals surface area contributed by atoms with Crippen LogP contribution < -0.4 is 10.5 Å². The summed E-state index contributed by atoms with van der Waals surface area (Å²) in [5, 5.41) is 11.1. The topological polar surface area (TPSA) is 78.8 Å². The third-order valence-electron chi connectivity index (χ3n) is 2.06. The van der Waals surface area contributed by atoms with Crippen LogP contribution in [0.25, 0.3) is 0 Å². The summed E-state index contributed by atoms with van der Waals surface area (Å²) in [6, 6.07) is 1.99. The minimum absolute atomic E-state index is 0.0760. The lowest BCUT2D eigenvalue weighted by atomic mass is 10.3. The molecule has 1 aromatic heterocycles. The van der Waals surface area contributed by atoms with Crippen LogP contribution in [0.5, 0.6) is 5.75 Å². The van der Waals surface area contributed by atoms with Crippen molar-refractivity contribution in [2.75, 3.05) is 5.73 Å². The van der Waals surface area contributed by atoms with E-state index < -0.39 is 18.2 Å². The van der Waals surface area contributed by atoms with Crippen molar-refractivity contribution in [3.05, 3.63) is 17.9 Å². The molecule has 1 aromatic carbocycles. The van der Waals surface area contributed by atoms with E-state index in [0.717, 1.165) is 23.9 Å². The maximum atomic E-state index is 13.4. The number of halogens is 3. The summed E-state index contributed by atoms with van der Waals surface area (Å²) in [5.74, 6) is -1.54. The van der Waals surface area contributed by atoms with Crippen LogP contribution in [-0.2, 0) is 7.05 Å². The monoisotopic (exact) mass is 291 g/mol. The van der Waals surface area contributed by atoms with Crippen molar-refractivity contribution < 1.29 is 17.9 Å². The van der Waals surface area contributed by atoms with E-state index in [-0.39, 0.29) is 5.69 Å². The van der Waals surface area contributed by atoms with Gasteiger partial charge in [-0.05, 0) is 28.3 Å². The second-order valence-corrected chi connectivity index (χ2v) is 4.40. The number of rotatable bonds is 4. The van der Waals surface area contributed by atoms with Crippen LogP contribution in [0.15, 0.2) is 22.2 Å². The molecule has 0 saturated heterocycles. The number of anilines is 1. The van der Waals surface area contributed by atoms with Crippen molar-refractivity contribution in [1.29, 1.82) is 0 Å². The molecule has 0 unspecified atom stereocenters. The lowest BCUT2D eigenvalue weighted by Gasteiger charge is -2.09. The third-order valence-corrected chi connectivity index (χ3v) is 3.16. The normalized spacial score (nSPS) is 11.0. The van der Waals surface area contributed by atoms with Gasteiger partial charge < -0.3 is 10.5 Å². The van der Waals surface area contributed by atoms with Crippen molar-refractivity contribution in [3.8, 4) is 5.75 Å². The van der Waals surface area contributed by atoms with Gasteiger partial charge in [0.1, 0.15) is 0 Å². The largest absolute Gasteiger partial charge is 0.432 e. The highest BCUT2D eigenvalue weighted by atomic mass is 32.2. The number of nitrogen functional groups attached to an aromatic ring is 1. The zero-order chi connectivity index (χ0) is 14.0. The molecule has 2 aromatic rings. The molecule has 0 fully saturated rings. The number of ether oxygens (including phenoxy) is 1. The first-order valence-corrected chi connectivity index (χ1v) is 5.73. The van der Waals surface area contributed by atoms with Crippen molar-refractivity contribution in [3.63, 3.8) is 0 Å². The Labute approximate surface area is 109 Å². The summed E-state index contributed by atoms with van der Waals surface area (Å²) in [5.41, 5.74) is 5.68. The summed E-state index contributed by atoms with van der Waals surface area (Å²) in [6.45, 7) is -3.12. The van der Waals surface area contributed by atoms with Gasteiger partial charge in [-0.1, -0.05) is 0 Å². The number of tetrazole rings is 1. The Morgan fingerprint density at radius 1 is 1.42 bits per heavy atom. The number of aryl methyl sites for hydroxylation is 1. The molecular formula is C9H8F3N5OS. The van der Waals surface area contributed by atoms with E-state index in [9.17, 15) is 13.2 Å². The molecular weight excluding hydrogens is 283 g/mol. The number of nitrogens with two attached hydrogens (primary N) is 1. The standard InChI is InChI=1S/C9H8F3N5OS/c1-17-9(14-15-16-17)19-7-3-6(18-8(11)12)4(10)2-5(7)13/h2-3,8H,13H2,1H3. The molecule has 0 radical (unpaired) electrons. The number of hydrogen-bond donors (Lipinski definition) is 1. The molecule has 0 atom stereocenters. The van der Waals surface area contributed by atoms with Gasteiger partial charge in [-0.2, -0.15) is 8.78 Å². The first-order valence-electron chi connectivity index (χ1n) is 4.91. The zero-order valence-corrected chi connectivity index (χ0v) is 10.4. The van der Waals surface area contributed by atoms with Crippen LogP contribution in [0.4, 0.5) is 18.9 Å². The SMILES string of the molecule is Cn1nnnc1Sc1cc(OC(F)F)c(F)cc1N. The Morgan fingerprint density at radius 3 is 2.74 bits per heavy atom. The molecule has 0 amide bonds. The predicted octanol–water partition coefficient (Wildman–Crippen LogP) is 1.68. The maximum Gasteiger partial charge on any atom is 0.387 e. The van der Waals surface area contributed by atoms with Crippen LogP contribution >= 0.6 is 11.8 Å². The van der Waals surface area contributed by atoms with Crippen molar-refractivity contribution >= 4 is 17.4 Å². The molecule has 102 valence electrons. The summed E-state index contributed by atoms with van der Waals surface area (Å²) in [6.07, 6.45) is 0. The quantitative estimate of drug-likeness (QED) is 0.863. The fourth-order valence-corrected chi connectivity index (χ4v) is 2.02. The Bertz CT molecular complexity index is 591. The molecule has 19 heavy (non-hydrogen) atoms. The minimum atomic E-state index is -3.12. The van der Waals surface area contributed by atoms with Crippen LogP contribution in [-0.4, -0.2) is 26.8 Å².